The molecule has 6 nitrogen and oxygen atoms in total. The molecule has 0 atom stereocenters. The highest BCUT2D eigenvalue weighted by atomic mass is 32.2. The van der Waals surface area contributed by atoms with Crippen LogP contribution in [0.4, 0.5) is 0 Å². The van der Waals surface area contributed by atoms with E-state index in [0.29, 0.717) is 11.5 Å². The molecule has 0 amide bonds. The number of carbonyl (C=O) groups is 1. The molecule has 0 spiro atoms. The smallest absolute Gasteiger partial charge is 0.162 e. The molecule has 0 saturated heterocycles. The molecule has 1 aliphatic rings. The number of ketones is 1. The van der Waals surface area contributed by atoms with Gasteiger partial charge in [0.1, 0.15) is 10.5 Å². The summed E-state index contributed by atoms with van der Waals surface area (Å²) >= 11 is 0. The van der Waals surface area contributed by atoms with Crippen LogP contribution in [0, 0.1) is 5.92 Å². The van der Waals surface area contributed by atoms with Gasteiger partial charge in [0.25, 0.3) is 0 Å². The summed E-state index contributed by atoms with van der Waals surface area (Å²) in [5.41, 5.74) is -0.0291. The van der Waals surface area contributed by atoms with Gasteiger partial charge in [-0.25, -0.2) is 8.42 Å². The second kappa shape index (κ2) is 7.80. The van der Waals surface area contributed by atoms with Crippen molar-refractivity contribution < 1.29 is 22.8 Å². The summed E-state index contributed by atoms with van der Waals surface area (Å²) in [6, 6.07) is 1.62. The Morgan fingerprint density at radius 2 is 1.85 bits per heavy atom. The van der Waals surface area contributed by atoms with Crippen molar-refractivity contribution in [3.8, 4) is 0 Å². The largest absolute Gasteiger partial charge is 0.395 e. The zero-order chi connectivity index (χ0) is 19.6. The molecule has 0 bridgehead atoms. The number of hydrogen-bond donors (Lipinski definition) is 1. The van der Waals surface area contributed by atoms with Crippen molar-refractivity contribution in [2.75, 3.05) is 12.4 Å². The lowest BCUT2D eigenvalue weighted by Crippen LogP contribution is -2.44. The van der Waals surface area contributed by atoms with E-state index in [1.54, 1.807) is 6.07 Å². The molecule has 1 N–H and O–H groups in total. The van der Waals surface area contributed by atoms with Crippen LogP contribution in [-0.4, -0.2) is 41.6 Å². The lowest BCUT2D eigenvalue weighted by atomic mass is 9.90. The zero-order valence-electron chi connectivity index (χ0n) is 16.2. The van der Waals surface area contributed by atoms with Crippen LogP contribution in [0.25, 0.3) is 0 Å². The van der Waals surface area contributed by atoms with Crippen LogP contribution in [0.2, 0.25) is 0 Å². The van der Waals surface area contributed by atoms with E-state index in [-0.39, 0.29) is 24.7 Å². The minimum atomic E-state index is -3.56. The van der Waals surface area contributed by atoms with Gasteiger partial charge in [-0.15, -0.1) is 0 Å². The average molecular weight is 386 g/mol. The lowest BCUT2D eigenvalue weighted by Gasteiger charge is -2.28. The normalized spacial score (nSPS) is 17.4. The van der Waals surface area contributed by atoms with Gasteiger partial charge < -0.3 is 9.63 Å². The minimum absolute atomic E-state index is 0.0743. The quantitative estimate of drug-likeness (QED) is 0.739. The van der Waals surface area contributed by atoms with Crippen molar-refractivity contribution in [2.45, 2.75) is 76.4 Å². The molecule has 1 aromatic heterocycles. The molecule has 0 radical (unpaired) electrons. The third kappa shape index (κ3) is 4.55. The topological polar surface area (TPSA) is 97.5 Å². The standard InChI is InChI=1S/C19H31NO5S/c1-18(2,13-21)16-10-15(25-20-16)11-17(22)19(3,4)26(23,24)12-14-8-6-5-7-9-14/h10,14,21H,5-9,11-13H2,1-4H3. The summed E-state index contributed by atoms with van der Waals surface area (Å²) in [6.45, 7) is 6.50. The van der Waals surface area contributed by atoms with Crippen LogP contribution in [-0.2, 0) is 26.5 Å². The van der Waals surface area contributed by atoms with Gasteiger partial charge in [-0.3, -0.25) is 4.79 Å². The van der Waals surface area contributed by atoms with E-state index in [4.69, 9.17) is 4.52 Å². The van der Waals surface area contributed by atoms with Crippen LogP contribution >= 0.6 is 0 Å². The fourth-order valence-corrected chi connectivity index (χ4v) is 5.00. The van der Waals surface area contributed by atoms with E-state index < -0.39 is 25.8 Å². The Balaban J connectivity index is 2.09. The van der Waals surface area contributed by atoms with Gasteiger partial charge >= 0.3 is 0 Å². The molecular weight excluding hydrogens is 354 g/mol. The highest BCUT2D eigenvalue weighted by molar-refractivity contribution is 7.93. The van der Waals surface area contributed by atoms with E-state index in [9.17, 15) is 18.3 Å². The van der Waals surface area contributed by atoms with Gasteiger partial charge in [-0.1, -0.05) is 38.3 Å². The van der Waals surface area contributed by atoms with Crippen LogP contribution in [0.15, 0.2) is 10.6 Å². The lowest BCUT2D eigenvalue weighted by molar-refractivity contribution is -0.120. The predicted octanol–water partition coefficient (Wildman–Crippen LogP) is 2.83. The number of nitrogens with zero attached hydrogens (tertiary/aromatic N) is 1. The first-order valence-electron chi connectivity index (χ1n) is 9.32. The maximum absolute atomic E-state index is 12.9. The first-order valence-corrected chi connectivity index (χ1v) is 11.0. The predicted molar refractivity (Wildman–Crippen MR) is 99.8 cm³/mol. The van der Waals surface area contributed by atoms with E-state index in [0.717, 1.165) is 32.1 Å². The van der Waals surface area contributed by atoms with E-state index in [1.807, 2.05) is 13.8 Å². The zero-order valence-corrected chi connectivity index (χ0v) is 17.1. The van der Waals surface area contributed by atoms with Gasteiger partial charge in [0.2, 0.25) is 0 Å². The van der Waals surface area contributed by atoms with Crippen LogP contribution in [0.1, 0.15) is 71.3 Å². The average Bonchev–Trinajstić information content (AvgIpc) is 3.04. The van der Waals surface area contributed by atoms with Gasteiger partial charge in [0, 0.05) is 11.5 Å². The number of Topliss-reactive ketones (excluding diaryl/α,β-unsaturated/α-hetero) is 1. The minimum Gasteiger partial charge on any atom is -0.395 e. The van der Waals surface area contributed by atoms with E-state index in [2.05, 4.69) is 5.16 Å². The molecule has 148 valence electrons. The van der Waals surface area contributed by atoms with Crippen molar-refractivity contribution >= 4 is 15.6 Å². The number of carbonyl (C=O) groups excluding carboxylic acids is 1. The van der Waals surface area contributed by atoms with Crippen molar-refractivity contribution in [1.29, 1.82) is 0 Å². The number of hydrogen-bond acceptors (Lipinski definition) is 6. The molecule has 2 rings (SSSR count). The molecular formula is C19H31NO5S. The summed E-state index contributed by atoms with van der Waals surface area (Å²) in [5, 5.41) is 13.3. The monoisotopic (exact) mass is 385 g/mol. The fraction of sp³-hybridized carbons (Fsp3) is 0.789. The number of sulfone groups is 1. The Hall–Kier alpha value is -1.21. The summed E-state index contributed by atoms with van der Waals surface area (Å²) < 4.78 is 29.5. The Morgan fingerprint density at radius 3 is 2.42 bits per heavy atom. The molecule has 0 unspecified atom stereocenters. The van der Waals surface area contributed by atoms with Gasteiger partial charge in [0.05, 0.1) is 24.5 Å². The molecule has 1 saturated carbocycles. The molecule has 26 heavy (non-hydrogen) atoms. The van der Waals surface area contributed by atoms with Crippen LogP contribution < -0.4 is 0 Å². The number of aliphatic hydroxyl groups excluding tert-OH is 1. The molecule has 1 aromatic rings. The second-order valence-corrected chi connectivity index (χ2v) is 11.2. The van der Waals surface area contributed by atoms with Gasteiger partial charge in [-0.05, 0) is 32.6 Å². The Kier molecular flexibility index (Phi) is 6.33. The third-order valence-corrected chi connectivity index (χ3v) is 8.30. The van der Waals surface area contributed by atoms with Crippen molar-refractivity contribution in [3.63, 3.8) is 0 Å². The van der Waals surface area contributed by atoms with Crippen molar-refractivity contribution in [1.82, 2.24) is 5.16 Å². The molecule has 1 aliphatic carbocycles. The fourth-order valence-electron chi connectivity index (χ4n) is 3.21. The Labute approximate surface area is 156 Å². The van der Waals surface area contributed by atoms with Crippen LogP contribution in [0.5, 0.6) is 0 Å². The van der Waals surface area contributed by atoms with Crippen molar-refractivity contribution in [3.05, 3.63) is 17.5 Å². The number of aromatic nitrogens is 1. The first kappa shape index (κ1) is 21.1. The SMILES string of the molecule is CC(C)(CO)c1cc(CC(=O)C(C)(C)S(=O)(=O)CC2CCCCC2)on1. The highest BCUT2D eigenvalue weighted by Crippen LogP contribution is 2.30. The summed E-state index contributed by atoms with van der Waals surface area (Å²) in [7, 11) is -3.56. The molecule has 1 heterocycles. The third-order valence-electron chi connectivity index (χ3n) is 5.61. The van der Waals surface area contributed by atoms with E-state index >= 15 is 0 Å². The number of rotatable bonds is 8. The molecule has 7 heteroatoms. The maximum atomic E-state index is 12.9. The summed E-state index contributed by atoms with van der Waals surface area (Å²) in [5.74, 6) is 0.165. The maximum Gasteiger partial charge on any atom is 0.162 e. The molecule has 0 aromatic carbocycles. The molecule has 1 fully saturated rings. The van der Waals surface area contributed by atoms with Crippen molar-refractivity contribution in [2.24, 2.45) is 5.92 Å². The summed E-state index contributed by atoms with van der Waals surface area (Å²) in [4.78, 5) is 12.7. The first-order chi connectivity index (χ1) is 12.0. The second-order valence-electron chi connectivity index (χ2n) is 8.62. The van der Waals surface area contributed by atoms with Gasteiger partial charge in [0.15, 0.2) is 15.6 Å². The number of aliphatic hydroxyl groups is 1. The molecule has 0 aliphatic heterocycles. The Bertz CT molecular complexity index is 727. The highest BCUT2D eigenvalue weighted by Gasteiger charge is 2.42. The van der Waals surface area contributed by atoms with E-state index in [1.165, 1.54) is 13.8 Å². The Morgan fingerprint density at radius 1 is 1.23 bits per heavy atom. The van der Waals surface area contributed by atoms with Gasteiger partial charge in [-0.2, -0.15) is 0 Å². The summed E-state index contributed by atoms with van der Waals surface area (Å²) in [6.07, 6.45) is 5.02. The van der Waals surface area contributed by atoms with Crippen LogP contribution in [0.3, 0.4) is 0 Å².